The minimum absolute atomic E-state index is 0.00664. The van der Waals surface area contributed by atoms with Crippen molar-refractivity contribution < 1.29 is 9.90 Å². The lowest BCUT2D eigenvalue weighted by Gasteiger charge is -2.36. The number of carboxylic acids is 1. The van der Waals surface area contributed by atoms with Gasteiger partial charge >= 0.3 is 5.97 Å². The zero-order valence-electron chi connectivity index (χ0n) is 16.1. The zero-order valence-corrected chi connectivity index (χ0v) is 17.6. The topological polar surface area (TPSA) is 60.4 Å². The average Bonchev–Trinajstić information content (AvgIpc) is 2.54. The molecule has 0 radical (unpaired) electrons. The molecule has 0 aliphatic heterocycles. The van der Waals surface area contributed by atoms with E-state index in [1.165, 1.54) is 58.7 Å². The maximum Gasteiger partial charge on any atom is 0.337 e. The Hall–Kier alpha value is -0.810. The van der Waals surface area contributed by atoms with Crippen molar-refractivity contribution in [2.24, 2.45) is 0 Å². The Morgan fingerprint density at radius 1 is 1.04 bits per heavy atom. The first-order valence-corrected chi connectivity index (χ1v) is 10.3. The van der Waals surface area contributed by atoms with Crippen LogP contribution in [0, 0.1) is 5.21 Å². The number of rotatable bonds is 12. The molecule has 1 rings (SSSR count). The van der Waals surface area contributed by atoms with E-state index in [2.05, 4.69) is 6.92 Å². The fraction of sp³-hybridized carbons (Fsp3) is 0.650. The van der Waals surface area contributed by atoms with Crippen LogP contribution in [0.15, 0.2) is 6.07 Å². The second-order valence-electron chi connectivity index (χ2n) is 7.28. The molecular weight excluding hydrogens is 373 g/mol. The van der Waals surface area contributed by atoms with Crippen LogP contribution in [0.3, 0.4) is 0 Å². The van der Waals surface area contributed by atoms with Gasteiger partial charge in [-0.3, -0.25) is 0 Å². The van der Waals surface area contributed by atoms with Crippen LogP contribution in [0.5, 0.6) is 0 Å². The van der Waals surface area contributed by atoms with E-state index in [-0.39, 0.29) is 16.3 Å². The highest BCUT2D eigenvalue weighted by Crippen LogP contribution is 2.40. The maximum atomic E-state index is 12.5. The van der Waals surface area contributed by atoms with Gasteiger partial charge in [0.25, 0.3) is 0 Å². The van der Waals surface area contributed by atoms with Crippen molar-refractivity contribution in [1.82, 2.24) is 4.65 Å². The molecule has 1 aromatic rings. The Balaban J connectivity index is 2.69. The number of aromatic carboxylic acids is 1. The highest BCUT2D eigenvalue weighted by atomic mass is 35.5. The third-order valence-corrected chi connectivity index (χ3v) is 5.31. The van der Waals surface area contributed by atoms with E-state index in [4.69, 9.17) is 23.2 Å². The van der Waals surface area contributed by atoms with E-state index in [0.717, 1.165) is 19.3 Å². The smallest absolute Gasteiger partial charge is 0.337 e. The normalized spacial score (nSPS) is 11.8. The van der Waals surface area contributed by atoms with Gasteiger partial charge in [-0.1, -0.05) is 81.5 Å². The summed E-state index contributed by atoms with van der Waals surface area (Å²) in [4.78, 5) is 11.3. The van der Waals surface area contributed by atoms with Crippen LogP contribution in [-0.4, -0.2) is 25.2 Å². The first kappa shape index (κ1) is 23.2. The Bertz CT molecular complexity index is 598. The third kappa shape index (κ3) is 7.07. The molecule has 0 bridgehead atoms. The van der Waals surface area contributed by atoms with E-state index in [0.29, 0.717) is 17.0 Å². The van der Waals surface area contributed by atoms with Crippen LogP contribution < -0.4 is 4.65 Å². The Morgan fingerprint density at radius 3 is 2.00 bits per heavy atom. The van der Waals surface area contributed by atoms with Gasteiger partial charge in [-0.15, -0.1) is 0 Å². The average molecular weight is 404 g/mol. The zero-order chi connectivity index (χ0) is 19.7. The molecule has 148 valence electrons. The van der Waals surface area contributed by atoms with Gasteiger partial charge in [0.1, 0.15) is 5.02 Å². The highest BCUT2D eigenvalue weighted by molar-refractivity contribution is 6.38. The van der Waals surface area contributed by atoms with Gasteiger partial charge in [0, 0.05) is 5.56 Å². The summed E-state index contributed by atoms with van der Waals surface area (Å²) in [6, 6.07) is 1.36. The van der Waals surface area contributed by atoms with Gasteiger partial charge in [0.2, 0.25) is 0 Å². The van der Waals surface area contributed by atoms with Crippen molar-refractivity contribution in [1.29, 1.82) is 0 Å². The van der Waals surface area contributed by atoms with E-state index < -0.39 is 10.6 Å². The summed E-state index contributed by atoms with van der Waals surface area (Å²) in [6.45, 7) is 2.22. The van der Waals surface area contributed by atoms with E-state index in [9.17, 15) is 15.1 Å². The summed E-state index contributed by atoms with van der Waals surface area (Å²) in [5.74, 6) is -1.18. The molecule has 0 fully saturated rings. The molecule has 0 aromatic heterocycles. The molecule has 0 heterocycles. The van der Waals surface area contributed by atoms with Crippen molar-refractivity contribution in [2.45, 2.75) is 71.1 Å². The lowest BCUT2D eigenvalue weighted by atomic mass is 10.00. The van der Waals surface area contributed by atoms with Crippen LogP contribution >= 0.6 is 23.2 Å². The number of carbonyl (C=O) groups is 1. The molecule has 0 spiro atoms. The third-order valence-electron chi connectivity index (χ3n) is 4.59. The summed E-state index contributed by atoms with van der Waals surface area (Å²) in [5.41, 5.74) is 0.810. The highest BCUT2D eigenvalue weighted by Gasteiger charge is 2.26. The van der Waals surface area contributed by atoms with Crippen molar-refractivity contribution in [3.8, 4) is 0 Å². The van der Waals surface area contributed by atoms with Gasteiger partial charge in [-0.05, 0) is 18.9 Å². The standard InChI is InChI=1S/C20H31Cl2NO3/c1-4-5-6-7-8-9-10-11-12-13-15-17(21)14-16(20(24)25)18(22)19(15)23(2,3)26/h14H,4-13H2,1-3H3,(H,24,25). The maximum absolute atomic E-state index is 12.5. The molecule has 26 heavy (non-hydrogen) atoms. The molecule has 0 unspecified atom stereocenters. The molecule has 0 aliphatic carbocycles. The second kappa shape index (κ2) is 11.1. The van der Waals surface area contributed by atoms with Crippen molar-refractivity contribution in [3.05, 3.63) is 32.4 Å². The first-order valence-electron chi connectivity index (χ1n) is 9.49. The SMILES string of the molecule is CCCCCCCCCCCc1c(Cl)cc(C(=O)O)c(Cl)c1[N+](C)(C)[O-]. The minimum atomic E-state index is -1.18. The van der Waals surface area contributed by atoms with Crippen LogP contribution in [0.1, 0.15) is 80.6 Å². The van der Waals surface area contributed by atoms with Gasteiger partial charge in [0.15, 0.2) is 5.69 Å². The van der Waals surface area contributed by atoms with E-state index >= 15 is 0 Å². The number of hydrogen-bond acceptors (Lipinski definition) is 2. The number of nitrogens with zero attached hydrogens (tertiary/aromatic N) is 1. The number of quaternary nitrogens is 1. The monoisotopic (exact) mass is 403 g/mol. The van der Waals surface area contributed by atoms with Gasteiger partial charge in [-0.25, -0.2) is 4.79 Å². The summed E-state index contributed by atoms with van der Waals surface area (Å²) in [7, 11) is 2.87. The van der Waals surface area contributed by atoms with Gasteiger partial charge in [0.05, 0.1) is 24.7 Å². The molecule has 1 aromatic carbocycles. The Morgan fingerprint density at radius 2 is 1.54 bits per heavy atom. The number of halogens is 2. The van der Waals surface area contributed by atoms with Crippen molar-refractivity contribution in [3.63, 3.8) is 0 Å². The molecule has 1 N–H and O–H groups in total. The molecule has 0 atom stereocenters. The number of hydroxylamine groups is 2. The summed E-state index contributed by atoms with van der Waals surface area (Å²) >= 11 is 12.5. The minimum Gasteiger partial charge on any atom is -0.628 e. The number of unbranched alkanes of at least 4 members (excludes halogenated alkanes) is 8. The molecule has 0 saturated heterocycles. The second-order valence-corrected chi connectivity index (χ2v) is 8.07. The van der Waals surface area contributed by atoms with Gasteiger partial charge in [-0.2, -0.15) is 0 Å². The molecule has 4 nitrogen and oxygen atoms in total. The number of hydrogen-bond donors (Lipinski definition) is 1. The first-order chi connectivity index (χ1) is 12.2. The number of carboxylic acid groups (broad SMARTS) is 1. The van der Waals surface area contributed by atoms with E-state index in [1.807, 2.05) is 0 Å². The Labute approximate surface area is 167 Å². The predicted octanol–water partition coefficient (Wildman–Crippen LogP) is 6.83. The van der Waals surface area contributed by atoms with Crippen molar-refractivity contribution in [2.75, 3.05) is 14.1 Å². The predicted molar refractivity (Wildman–Crippen MR) is 111 cm³/mol. The fourth-order valence-electron chi connectivity index (χ4n) is 3.22. The molecule has 6 heteroatoms. The summed E-state index contributed by atoms with van der Waals surface area (Å²) < 4.78 is -0.799. The lowest BCUT2D eigenvalue weighted by Crippen LogP contribution is -2.34. The summed E-state index contributed by atoms with van der Waals surface area (Å²) in [6.07, 6.45) is 11.5. The van der Waals surface area contributed by atoms with Crippen LogP contribution in [-0.2, 0) is 6.42 Å². The lowest BCUT2D eigenvalue weighted by molar-refractivity contribution is 0.0697. The summed E-state index contributed by atoms with van der Waals surface area (Å²) in [5, 5.41) is 22.1. The molecule has 0 amide bonds. The quantitative estimate of drug-likeness (QED) is 0.236. The Kier molecular flexibility index (Phi) is 9.94. The molecule has 0 saturated carbocycles. The van der Waals surface area contributed by atoms with Crippen LogP contribution in [0.2, 0.25) is 10.0 Å². The van der Waals surface area contributed by atoms with Gasteiger partial charge < -0.3 is 15.0 Å². The fourth-order valence-corrected chi connectivity index (χ4v) is 3.96. The number of benzene rings is 1. The van der Waals surface area contributed by atoms with Crippen molar-refractivity contribution >= 4 is 34.9 Å². The largest absolute Gasteiger partial charge is 0.628 e. The van der Waals surface area contributed by atoms with Crippen LogP contribution in [0.4, 0.5) is 5.69 Å². The van der Waals surface area contributed by atoms with E-state index in [1.54, 1.807) is 0 Å². The molecular formula is C20H31Cl2NO3. The van der Waals surface area contributed by atoms with Crippen LogP contribution in [0.25, 0.3) is 0 Å². The molecule has 0 aliphatic rings.